The molecule has 0 bridgehead atoms. The molecule has 8 heteroatoms. The fourth-order valence-corrected chi connectivity index (χ4v) is 2.47. The number of carbonyl (C=O) groups excluding carboxylic acids is 1. The van der Waals surface area contributed by atoms with E-state index in [2.05, 4.69) is 15.1 Å². The summed E-state index contributed by atoms with van der Waals surface area (Å²) in [6.45, 7) is 0.885. The summed E-state index contributed by atoms with van der Waals surface area (Å²) in [5, 5.41) is 3.92. The van der Waals surface area contributed by atoms with Crippen molar-refractivity contribution in [2.75, 3.05) is 27.3 Å². The lowest BCUT2D eigenvalue weighted by atomic mass is 10.2. The van der Waals surface area contributed by atoms with Gasteiger partial charge in [0.05, 0.1) is 13.7 Å². The number of hydrogen-bond acceptors (Lipinski definition) is 7. The molecule has 0 fully saturated rings. The zero-order chi connectivity index (χ0) is 19.8. The van der Waals surface area contributed by atoms with Crippen molar-refractivity contribution in [2.24, 2.45) is 0 Å². The van der Waals surface area contributed by atoms with E-state index in [9.17, 15) is 4.79 Å². The first kappa shape index (κ1) is 19.3. The minimum absolute atomic E-state index is 0.0144. The third-order valence-electron chi connectivity index (χ3n) is 4.12. The van der Waals surface area contributed by atoms with Crippen LogP contribution in [0.3, 0.4) is 0 Å². The van der Waals surface area contributed by atoms with E-state index in [1.807, 2.05) is 30.3 Å². The van der Waals surface area contributed by atoms with Crippen LogP contribution in [0.2, 0.25) is 0 Å². The first-order valence-corrected chi connectivity index (χ1v) is 8.89. The zero-order valence-electron chi connectivity index (χ0n) is 15.9. The van der Waals surface area contributed by atoms with E-state index in [1.54, 1.807) is 37.5 Å². The molecular weight excluding hydrogens is 360 g/mol. The minimum Gasteiger partial charge on any atom is -0.497 e. The number of carbonyl (C=O) groups is 1. The monoisotopic (exact) mass is 382 g/mol. The smallest absolute Gasteiger partial charge is 0.227 e. The SMILES string of the molecule is COc1ccc(OCCN(C)C(=O)CCc2nc(-c3cccnc3)no2)cc1. The van der Waals surface area contributed by atoms with Crippen LogP contribution in [0.1, 0.15) is 12.3 Å². The average molecular weight is 382 g/mol. The molecule has 0 aliphatic rings. The molecular formula is C20H22N4O4. The summed E-state index contributed by atoms with van der Waals surface area (Å²) >= 11 is 0. The Morgan fingerprint density at radius 1 is 1.18 bits per heavy atom. The Labute approximate surface area is 163 Å². The number of likely N-dealkylation sites (N-methyl/N-ethyl adjacent to an activating group) is 1. The summed E-state index contributed by atoms with van der Waals surface area (Å²) in [6.07, 6.45) is 4.01. The van der Waals surface area contributed by atoms with Crippen LogP contribution < -0.4 is 9.47 Å². The Kier molecular flexibility index (Phi) is 6.56. The van der Waals surface area contributed by atoms with Gasteiger partial charge in [-0.15, -0.1) is 0 Å². The molecule has 0 saturated carbocycles. The number of pyridine rings is 1. The van der Waals surface area contributed by atoms with E-state index >= 15 is 0 Å². The maximum Gasteiger partial charge on any atom is 0.227 e. The summed E-state index contributed by atoms with van der Waals surface area (Å²) in [5.41, 5.74) is 0.775. The fraction of sp³-hybridized carbons (Fsp3) is 0.300. The third kappa shape index (κ3) is 5.29. The quantitative estimate of drug-likeness (QED) is 0.562. The van der Waals surface area contributed by atoms with Gasteiger partial charge in [-0.05, 0) is 36.4 Å². The van der Waals surface area contributed by atoms with Crippen LogP contribution in [0.5, 0.6) is 11.5 Å². The number of methoxy groups -OCH3 is 1. The second-order valence-corrected chi connectivity index (χ2v) is 6.09. The van der Waals surface area contributed by atoms with E-state index in [1.165, 1.54) is 0 Å². The van der Waals surface area contributed by atoms with Gasteiger partial charge in [-0.3, -0.25) is 9.78 Å². The van der Waals surface area contributed by atoms with Gasteiger partial charge in [0, 0.05) is 37.8 Å². The summed E-state index contributed by atoms with van der Waals surface area (Å²) in [6, 6.07) is 11.0. The standard InChI is InChI=1S/C20H22N4O4/c1-24(12-13-27-17-7-5-16(26-2)6-8-17)19(25)10-9-18-22-20(23-28-18)15-4-3-11-21-14-15/h3-8,11,14H,9-10,12-13H2,1-2H3. The number of hydrogen-bond donors (Lipinski definition) is 0. The van der Waals surface area contributed by atoms with Crippen LogP contribution in [-0.4, -0.2) is 53.2 Å². The molecule has 0 unspecified atom stereocenters. The highest BCUT2D eigenvalue weighted by molar-refractivity contribution is 5.76. The molecule has 0 N–H and O–H groups in total. The number of ether oxygens (including phenoxy) is 2. The molecule has 2 heterocycles. The molecule has 0 radical (unpaired) electrons. The molecule has 1 aromatic carbocycles. The lowest BCUT2D eigenvalue weighted by Gasteiger charge is -2.17. The fourth-order valence-electron chi connectivity index (χ4n) is 2.47. The highest BCUT2D eigenvalue weighted by Gasteiger charge is 2.13. The number of rotatable bonds is 9. The molecule has 0 atom stereocenters. The van der Waals surface area contributed by atoms with E-state index in [-0.39, 0.29) is 12.3 Å². The Bertz CT molecular complexity index is 881. The molecule has 0 saturated heterocycles. The first-order chi connectivity index (χ1) is 13.7. The molecule has 146 valence electrons. The van der Waals surface area contributed by atoms with Gasteiger partial charge in [-0.2, -0.15) is 4.98 Å². The van der Waals surface area contributed by atoms with E-state index in [4.69, 9.17) is 14.0 Å². The van der Waals surface area contributed by atoms with Gasteiger partial charge in [0.25, 0.3) is 0 Å². The predicted molar refractivity (Wildman–Crippen MR) is 102 cm³/mol. The van der Waals surface area contributed by atoms with Gasteiger partial charge in [0.2, 0.25) is 17.6 Å². The molecule has 2 aromatic heterocycles. The summed E-state index contributed by atoms with van der Waals surface area (Å²) in [5.74, 6) is 2.38. The highest BCUT2D eigenvalue weighted by atomic mass is 16.5. The normalized spacial score (nSPS) is 10.5. The maximum absolute atomic E-state index is 12.3. The second kappa shape index (κ2) is 9.50. The van der Waals surface area contributed by atoms with Crippen LogP contribution in [0.15, 0.2) is 53.3 Å². The summed E-state index contributed by atoms with van der Waals surface area (Å²) < 4.78 is 16.0. The maximum atomic E-state index is 12.3. The lowest BCUT2D eigenvalue weighted by Crippen LogP contribution is -2.31. The third-order valence-corrected chi connectivity index (χ3v) is 4.12. The highest BCUT2D eigenvalue weighted by Crippen LogP contribution is 2.17. The number of aryl methyl sites for hydroxylation is 1. The Morgan fingerprint density at radius 3 is 2.68 bits per heavy atom. The van der Waals surface area contributed by atoms with Crippen molar-refractivity contribution in [3.05, 3.63) is 54.7 Å². The van der Waals surface area contributed by atoms with Gasteiger partial charge in [-0.1, -0.05) is 5.16 Å². The molecule has 0 aliphatic heterocycles. The summed E-state index contributed by atoms with van der Waals surface area (Å²) in [4.78, 5) is 22.2. The van der Waals surface area contributed by atoms with Crippen LogP contribution >= 0.6 is 0 Å². The van der Waals surface area contributed by atoms with Crippen molar-refractivity contribution < 1.29 is 18.8 Å². The van der Waals surface area contributed by atoms with Crippen LogP contribution in [0.25, 0.3) is 11.4 Å². The number of aromatic nitrogens is 3. The predicted octanol–water partition coefficient (Wildman–Crippen LogP) is 2.61. The van der Waals surface area contributed by atoms with E-state index in [0.717, 1.165) is 17.1 Å². The number of nitrogens with zero attached hydrogens (tertiary/aromatic N) is 4. The molecule has 1 amide bonds. The zero-order valence-corrected chi connectivity index (χ0v) is 15.9. The number of benzene rings is 1. The lowest BCUT2D eigenvalue weighted by molar-refractivity contribution is -0.130. The van der Waals surface area contributed by atoms with E-state index < -0.39 is 0 Å². The van der Waals surface area contributed by atoms with Gasteiger partial charge in [0.15, 0.2) is 0 Å². The first-order valence-electron chi connectivity index (χ1n) is 8.89. The van der Waals surface area contributed by atoms with Crippen LogP contribution in [0.4, 0.5) is 0 Å². The van der Waals surface area contributed by atoms with Gasteiger partial charge >= 0.3 is 0 Å². The van der Waals surface area contributed by atoms with Crippen molar-refractivity contribution in [2.45, 2.75) is 12.8 Å². The topological polar surface area (TPSA) is 90.6 Å². The molecule has 0 aliphatic carbocycles. The summed E-state index contributed by atoms with van der Waals surface area (Å²) in [7, 11) is 3.36. The van der Waals surface area contributed by atoms with Gasteiger partial charge in [-0.25, -0.2) is 0 Å². The average Bonchev–Trinajstić information content (AvgIpc) is 3.22. The largest absolute Gasteiger partial charge is 0.497 e. The molecule has 8 nitrogen and oxygen atoms in total. The van der Waals surface area contributed by atoms with Crippen LogP contribution in [0, 0.1) is 0 Å². The Hall–Kier alpha value is -3.42. The molecule has 3 aromatic rings. The minimum atomic E-state index is -0.0144. The Balaban J connectivity index is 1.41. The Morgan fingerprint density at radius 2 is 1.96 bits per heavy atom. The number of amides is 1. The van der Waals surface area contributed by atoms with Crippen molar-refractivity contribution in [1.29, 1.82) is 0 Å². The molecule has 3 rings (SSSR count). The second-order valence-electron chi connectivity index (χ2n) is 6.09. The van der Waals surface area contributed by atoms with Crippen molar-refractivity contribution in [3.63, 3.8) is 0 Å². The van der Waals surface area contributed by atoms with Crippen LogP contribution in [-0.2, 0) is 11.2 Å². The molecule has 28 heavy (non-hydrogen) atoms. The van der Waals surface area contributed by atoms with Gasteiger partial charge < -0.3 is 18.9 Å². The molecule has 0 spiro atoms. The van der Waals surface area contributed by atoms with E-state index in [0.29, 0.717) is 31.3 Å². The van der Waals surface area contributed by atoms with Crippen molar-refractivity contribution >= 4 is 5.91 Å². The van der Waals surface area contributed by atoms with Crippen molar-refractivity contribution in [3.8, 4) is 22.9 Å². The van der Waals surface area contributed by atoms with Crippen molar-refractivity contribution in [1.82, 2.24) is 20.0 Å². The van der Waals surface area contributed by atoms with Gasteiger partial charge in [0.1, 0.15) is 18.1 Å².